The Morgan fingerprint density at radius 3 is 2.30 bits per heavy atom. The standard InChI is InChI=1S/C39H45N3O6S2/c1-5-7-9-10-11-23-48-31-21-18-29(24-32(31)46-4)34-33(35(43)28-16-19-30(20-17-28)47-22-8-6-2)36(44)37(45)42(34)38-40-41-39(50-38)49-25-27-14-12-26(3)13-15-27/h12-21,24,34,43H,5-11,22-23,25H2,1-4H3/t34-/m0/s1. The van der Waals surface area contributed by atoms with Gasteiger partial charge in [0.2, 0.25) is 5.13 Å². The Balaban J connectivity index is 1.48. The zero-order valence-electron chi connectivity index (χ0n) is 29.1. The van der Waals surface area contributed by atoms with Gasteiger partial charge in [-0.15, -0.1) is 10.2 Å². The molecule has 11 heteroatoms. The monoisotopic (exact) mass is 715 g/mol. The SMILES string of the molecule is CCCCCCCOc1ccc([C@H]2C(=C(O)c3ccc(OCCCC)cc3)C(=O)C(=O)N2c2nnc(SCc3ccc(C)cc3)s2)cc1OC. The number of anilines is 1. The van der Waals surface area contributed by atoms with E-state index in [0.717, 1.165) is 31.2 Å². The molecule has 9 nitrogen and oxygen atoms in total. The molecule has 4 aromatic rings. The van der Waals surface area contributed by atoms with Gasteiger partial charge < -0.3 is 19.3 Å². The van der Waals surface area contributed by atoms with Gasteiger partial charge >= 0.3 is 5.91 Å². The van der Waals surface area contributed by atoms with Crippen LogP contribution in [-0.2, 0) is 15.3 Å². The fourth-order valence-corrected chi connectivity index (χ4v) is 7.42. The van der Waals surface area contributed by atoms with Crippen LogP contribution in [-0.4, -0.2) is 47.3 Å². The summed E-state index contributed by atoms with van der Waals surface area (Å²) in [5.41, 5.74) is 3.21. The Morgan fingerprint density at radius 1 is 0.860 bits per heavy atom. The highest BCUT2D eigenvalue weighted by molar-refractivity contribution is 8.00. The zero-order valence-corrected chi connectivity index (χ0v) is 30.8. The largest absolute Gasteiger partial charge is 0.507 e. The molecular weight excluding hydrogens is 671 g/mol. The van der Waals surface area contributed by atoms with Crippen LogP contribution in [0.25, 0.3) is 5.76 Å². The van der Waals surface area contributed by atoms with Crippen molar-refractivity contribution < 1.29 is 28.9 Å². The third kappa shape index (κ3) is 9.05. The highest BCUT2D eigenvalue weighted by atomic mass is 32.2. The molecule has 1 fully saturated rings. The van der Waals surface area contributed by atoms with Crippen molar-refractivity contribution in [1.82, 2.24) is 10.2 Å². The highest BCUT2D eigenvalue weighted by Crippen LogP contribution is 2.45. The topological polar surface area (TPSA) is 111 Å². The van der Waals surface area contributed by atoms with Crippen molar-refractivity contribution in [2.24, 2.45) is 0 Å². The number of hydrogen-bond donors (Lipinski definition) is 1. The number of aromatic nitrogens is 2. The first-order chi connectivity index (χ1) is 24.3. The molecule has 1 saturated heterocycles. The lowest BCUT2D eigenvalue weighted by atomic mass is 9.95. The highest BCUT2D eigenvalue weighted by Gasteiger charge is 2.48. The molecule has 3 aromatic carbocycles. The Morgan fingerprint density at radius 2 is 1.58 bits per heavy atom. The molecule has 1 aliphatic heterocycles. The predicted octanol–water partition coefficient (Wildman–Crippen LogP) is 9.30. The number of ether oxygens (including phenoxy) is 3. The second-order valence-electron chi connectivity index (χ2n) is 12.2. The van der Waals surface area contributed by atoms with Gasteiger partial charge in [-0.05, 0) is 67.3 Å². The van der Waals surface area contributed by atoms with Crippen LogP contribution in [0.3, 0.4) is 0 Å². The zero-order chi connectivity index (χ0) is 35.5. The Hall–Kier alpha value is -4.35. The van der Waals surface area contributed by atoms with Gasteiger partial charge in [0, 0.05) is 11.3 Å². The minimum atomic E-state index is -0.990. The normalized spacial score (nSPS) is 15.4. The van der Waals surface area contributed by atoms with Crippen LogP contribution in [0.5, 0.6) is 17.2 Å². The number of rotatable bonds is 18. The number of unbranched alkanes of at least 4 members (excludes halogenated alkanes) is 5. The summed E-state index contributed by atoms with van der Waals surface area (Å²) in [5.74, 6) is 0.449. The first-order valence-electron chi connectivity index (χ1n) is 17.2. The molecule has 0 aliphatic carbocycles. The summed E-state index contributed by atoms with van der Waals surface area (Å²) in [6.07, 6.45) is 7.49. The molecule has 1 aromatic heterocycles. The molecule has 0 bridgehead atoms. The molecule has 2 heterocycles. The van der Waals surface area contributed by atoms with Gasteiger partial charge in [0.1, 0.15) is 11.5 Å². The van der Waals surface area contributed by atoms with E-state index in [1.165, 1.54) is 52.8 Å². The lowest BCUT2D eigenvalue weighted by Gasteiger charge is -2.23. The fourth-order valence-electron chi connectivity index (χ4n) is 5.59. The average Bonchev–Trinajstić information content (AvgIpc) is 3.71. The molecule has 50 heavy (non-hydrogen) atoms. The molecule has 1 amide bonds. The predicted molar refractivity (Wildman–Crippen MR) is 200 cm³/mol. The number of aliphatic hydroxyl groups excluding tert-OH is 1. The number of nitrogens with zero attached hydrogens (tertiary/aromatic N) is 3. The lowest BCUT2D eigenvalue weighted by Crippen LogP contribution is -2.29. The van der Waals surface area contributed by atoms with Gasteiger partial charge in [-0.3, -0.25) is 14.5 Å². The Kier molecular flexibility index (Phi) is 13.3. The van der Waals surface area contributed by atoms with E-state index in [4.69, 9.17) is 14.2 Å². The summed E-state index contributed by atoms with van der Waals surface area (Å²) in [6.45, 7) is 7.45. The number of benzene rings is 3. The number of carbonyl (C=O) groups is 2. The van der Waals surface area contributed by atoms with E-state index in [9.17, 15) is 14.7 Å². The van der Waals surface area contributed by atoms with Crippen LogP contribution < -0.4 is 19.1 Å². The minimum absolute atomic E-state index is 0.0506. The Bertz CT molecular complexity index is 1770. The van der Waals surface area contributed by atoms with Crippen LogP contribution >= 0.6 is 23.1 Å². The fraction of sp³-hybridized carbons (Fsp3) is 0.385. The molecular formula is C39H45N3O6S2. The van der Waals surface area contributed by atoms with Crippen LogP contribution in [0.15, 0.2) is 76.6 Å². The molecule has 1 N–H and O–H groups in total. The quantitative estimate of drug-likeness (QED) is 0.0269. The average molecular weight is 716 g/mol. The number of aryl methyl sites for hydroxylation is 1. The molecule has 0 spiro atoms. The summed E-state index contributed by atoms with van der Waals surface area (Å²) in [6, 6.07) is 19.5. The first kappa shape index (κ1) is 36.9. The maximum absolute atomic E-state index is 13.8. The van der Waals surface area contributed by atoms with Crippen molar-refractivity contribution >= 4 is 45.7 Å². The van der Waals surface area contributed by atoms with Crippen molar-refractivity contribution in [1.29, 1.82) is 0 Å². The number of thioether (sulfide) groups is 1. The van der Waals surface area contributed by atoms with E-state index in [2.05, 4.69) is 48.3 Å². The summed E-state index contributed by atoms with van der Waals surface area (Å²) < 4.78 is 18.2. The number of ketones is 1. The molecule has 1 atom stereocenters. The summed E-state index contributed by atoms with van der Waals surface area (Å²) in [7, 11) is 1.55. The van der Waals surface area contributed by atoms with Gasteiger partial charge in [-0.25, -0.2) is 0 Å². The maximum atomic E-state index is 13.8. The molecule has 264 valence electrons. The van der Waals surface area contributed by atoms with Gasteiger partial charge in [-0.2, -0.15) is 0 Å². The smallest absolute Gasteiger partial charge is 0.301 e. The van der Waals surface area contributed by atoms with E-state index in [1.54, 1.807) is 49.6 Å². The number of amides is 1. The lowest BCUT2D eigenvalue weighted by molar-refractivity contribution is -0.132. The van der Waals surface area contributed by atoms with Crippen LogP contribution in [0.4, 0.5) is 5.13 Å². The van der Waals surface area contributed by atoms with E-state index in [0.29, 0.717) is 51.7 Å². The molecule has 0 radical (unpaired) electrons. The molecule has 5 rings (SSSR count). The number of Topliss-reactive ketones (excluding diaryl/α,β-unsaturated/α-hetero) is 1. The number of methoxy groups -OCH3 is 1. The Labute approximate surface area is 302 Å². The van der Waals surface area contributed by atoms with Crippen molar-refractivity contribution in [2.75, 3.05) is 25.2 Å². The van der Waals surface area contributed by atoms with Gasteiger partial charge in [0.25, 0.3) is 5.78 Å². The van der Waals surface area contributed by atoms with Crippen LogP contribution in [0, 0.1) is 6.92 Å². The maximum Gasteiger partial charge on any atom is 0.301 e. The van der Waals surface area contributed by atoms with Crippen LogP contribution in [0.1, 0.15) is 87.1 Å². The summed E-state index contributed by atoms with van der Waals surface area (Å²) in [4.78, 5) is 28.9. The van der Waals surface area contributed by atoms with Crippen LogP contribution in [0.2, 0.25) is 0 Å². The van der Waals surface area contributed by atoms with Gasteiger partial charge in [0.15, 0.2) is 15.8 Å². The second-order valence-corrected chi connectivity index (χ2v) is 14.4. The number of carbonyl (C=O) groups excluding carboxylic acids is 2. The first-order valence-corrected chi connectivity index (χ1v) is 19.0. The third-order valence-electron chi connectivity index (χ3n) is 8.43. The second kappa shape index (κ2) is 18.1. The molecule has 0 unspecified atom stereocenters. The van der Waals surface area contributed by atoms with Gasteiger partial charge in [0.05, 0.1) is 31.9 Å². The van der Waals surface area contributed by atoms with E-state index in [-0.39, 0.29) is 16.5 Å². The summed E-state index contributed by atoms with van der Waals surface area (Å²) >= 11 is 2.73. The molecule has 0 saturated carbocycles. The minimum Gasteiger partial charge on any atom is -0.507 e. The van der Waals surface area contributed by atoms with E-state index in [1.807, 2.05) is 6.92 Å². The van der Waals surface area contributed by atoms with Crippen molar-refractivity contribution in [2.45, 2.75) is 81.9 Å². The number of hydrogen-bond acceptors (Lipinski definition) is 10. The number of aliphatic hydroxyl groups is 1. The molecule has 1 aliphatic rings. The van der Waals surface area contributed by atoms with Crippen molar-refractivity contribution in [3.8, 4) is 17.2 Å². The summed E-state index contributed by atoms with van der Waals surface area (Å²) in [5, 5.41) is 20.6. The van der Waals surface area contributed by atoms with Crippen molar-refractivity contribution in [3.63, 3.8) is 0 Å². The van der Waals surface area contributed by atoms with Crippen molar-refractivity contribution in [3.05, 3.63) is 94.6 Å². The van der Waals surface area contributed by atoms with Gasteiger partial charge in [-0.1, -0.05) is 105 Å². The van der Waals surface area contributed by atoms with E-state index < -0.39 is 17.7 Å². The van der Waals surface area contributed by atoms with E-state index >= 15 is 0 Å². The third-order valence-corrected chi connectivity index (χ3v) is 10.6.